The van der Waals surface area contributed by atoms with Crippen molar-refractivity contribution >= 4 is 0 Å². The van der Waals surface area contributed by atoms with Gasteiger partial charge >= 0.3 is 0 Å². The largest absolute Gasteiger partial charge is 0.379 e. The zero-order valence-electron chi connectivity index (χ0n) is 14.1. The second-order valence-corrected chi connectivity index (χ2v) is 7.05. The third-order valence-electron chi connectivity index (χ3n) is 2.95. The maximum absolute atomic E-state index is 5.88. The van der Waals surface area contributed by atoms with Crippen molar-refractivity contribution in [3.63, 3.8) is 0 Å². The normalized spacial score (nSPS) is 13.3. The fourth-order valence-corrected chi connectivity index (χ4v) is 1.89. The summed E-state index contributed by atoms with van der Waals surface area (Å²) in [6.45, 7) is 16.6. The summed E-state index contributed by atoms with van der Waals surface area (Å²) in [6, 6.07) is 0. The maximum Gasteiger partial charge on any atom is 0.0643 e. The van der Waals surface area contributed by atoms with Crippen LogP contribution in [0.25, 0.3) is 0 Å². The van der Waals surface area contributed by atoms with Crippen LogP contribution in [0.2, 0.25) is 0 Å². The lowest BCUT2D eigenvalue weighted by atomic mass is 9.94. The first-order valence-electron chi connectivity index (χ1n) is 7.37. The Hall–Kier alpha value is -0.160. The number of ether oxygens (including phenoxy) is 1. The van der Waals surface area contributed by atoms with Gasteiger partial charge < -0.3 is 20.3 Å². The smallest absolute Gasteiger partial charge is 0.0643 e. The van der Waals surface area contributed by atoms with Crippen LogP contribution in [0.3, 0.4) is 0 Å². The van der Waals surface area contributed by atoms with Crippen molar-refractivity contribution < 1.29 is 4.74 Å². The van der Waals surface area contributed by atoms with Gasteiger partial charge in [-0.2, -0.15) is 0 Å². The minimum Gasteiger partial charge on any atom is -0.379 e. The molecule has 0 fully saturated rings. The Morgan fingerprint density at radius 2 is 1.68 bits per heavy atom. The zero-order chi connectivity index (χ0) is 14.9. The summed E-state index contributed by atoms with van der Waals surface area (Å²) in [4.78, 5) is 2.19. The van der Waals surface area contributed by atoms with Gasteiger partial charge in [0.25, 0.3) is 0 Å². The lowest BCUT2D eigenvalue weighted by Crippen LogP contribution is -2.44. The second-order valence-electron chi connectivity index (χ2n) is 7.05. The van der Waals surface area contributed by atoms with E-state index in [-0.39, 0.29) is 11.0 Å². The van der Waals surface area contributed by atoms with Crippen LogP contribution < -0.4 is 10.6 Å². The van der Waals surface area contributed by atoms with Crippen molar-refractivity contribution in [2.75, 3.05) is 53.5 Å². The first-order chi connectivity index (χ1) is 8.68. The summed E-state index contributed by atoms with van der Waals surface area (Å²) in [5.74, 6) is 0. The molecule has 0 aliphatic rings. The van der Waals surface area contributed by atoms with Gasteiger partial charge in [-0.25, -0.2) is 0 Å². The van der Waals surface area contributed by atoms with Crippen molar-refractivity contribution in [3.8, 4) is 0 Å². The maximum atomic E-state index is 5.88. The molecule has 0 aliphatic carbocycles. The van der Waals surface area contributed by atoms with Gasteiger partial charge in [0.1, 0.15) is 0 Å². The van der Waals surface area contributed by atoms with Crippen LogP contribution in [-0.2, 0) is 4.74 Å². The van der Waals surface area contributed by atoms with E-state index in [2.05, 4.69) is 64.2 Å². The van der Waals surface area contributed by atoms with Crippen LogP contribution in [0.4, 0.5) is 0 Å². The highest BCUT2D eigenvalue weighted by Crippen LogP contribution is 2.15. The quantitative estimate of drug-likeness (QED) is 0.560. The monoisotopic (exact) mass is 273 g/mol. The average molecular weight is 273 g/mol. The lowest BCUT2D eigenvalue weighted by Gasteiger charge is -2.30. The number of rotatable bonds is 11. The summed E-state index contributed by atoms with van der Waals surface area (Å²) >= 11 is 0. The van der Waals surface area contributed by atoms with E-state index in [1.54, 1.807) is 0 Å². The molecular weight excluding hydrogens is 238 g/mol. The fourth-order valence-electron chi connectivity index (χ4n) is 1.89. The Labute approximate surface area is 120 Å². The molecule has 0 aromatic rings. The van der Waals surface area contributed by atoms with E-state index in [4.69, 9.17) is 4.74 Å². The molecule has 0 aromatic heterocycles. The van der Waals surface area contributed by atoms with Gasteiger partial charge in [-0.3, -0.25) is 0 Å². The van der Waals surface area contributed by atoms with E-state index < -0.39 is 0 Å². The molecule has 0 saturated heterocycles. The summed E-state index contributed by atoms with van der Waals surface area (Å²) in [6.07, 6.45) is 0. The van der Waals surface area contributed by atoms with E-state index in [1.807, 2.05) is 0 Å². The summed E-state index contributed by atoms with van der Waals surface area (Å²) in [5, 5.41) is 6.92. The van der Waals surface area contributed by atoms with Crippen molar-refractivity contribution in [2.45, 2.75) is 40.2 Å². The van der Waals surface area contributed by atoms with Gasteiger partial charge in [0.05, 0.1) is 13.2 Å². The Bertz CT molecular complexity index is 227. The van der Waals surface area contributed by atoms with Crippen LogP contribution in [0.15, 0.2) is 0 Å². The molecule has 0 aliphatic heterocycles. The predicted molar refractivity (Wildman–Crippen MR) is 83.8 cm³/mol. The van der Waals surface area contributed by atoms with E-state index in [9.17, 15) is 0 Å². The van der Waals surface area contributed by atoms with Crippen LogP contribution in [0, 0.1) is 5.41 Å². The fraction of sp³-hybridized carbons (Fsp3) is 1.00. The number of hydrogen-bond acceptors (Lipinski definition) is 4. The molecule has 0 heterocycles. The molecule has 0 spiro atoms. The molecule has 116 valence electrons. The lowest BCUT2D eigenvalue weighted by molar-refractivity contribution is 0.0305. The van der Waals surface area contributed by atoms with Crippen molar-refractivity contribution in [1.82, 2.24) is 15.5 Å². The summed E-state index contributed by atoms with van der Waals surface area (Å²) in [7, 11) is 4.19. The second kappa shape index (κ2) is 8.90. The molecule has 4 nitrogen and oxygen atoms in total. The van der Waals surface area contributed by atoms with E-state index in [0.717, 1.165) is 39.4 Å². The standard InChI is InChI=1S/C15H35N3O/c1-8-17-15(4,5)13-19-12-14(2,3)11-16-9-10-18(6)7/h16-17H,8-13H2,1-7H3. The van der Waals surface area contributed by atoms with Crippen molar-refractivity contribution in [2.24, 2.45) is 5.41 Å². The molecule has 4 heteroatoms. The summed E-state index contributed by atoms with van der Waals surface area (Å²) < 4.78 is 5.88. The minimum atomic E-state index is 0.0587. The van der Waals surface area contributed by atoms with Crippen molar-refractivity contribution in [1.29, 1.82) is 0 Å². The molecule has 0 atom stereocenters. The SMILES string of the molecule is CCNC(C)(C)COCC(C)(C)CNCCN(C)C. The topological polar surface area (TPSA) is 36.5 Å². The minimum absolute atomic E-state index is 0.0587. The number of likely N-dealkylation sites (N-methyl/N-ethyl adjacent to an activating group) is 2. The Balaban J connectivity index is 3.78. The van der Waals surface area contributed by atoms with Crippen molar-refractivity contribution in [3.05, 3.63) is 0 Å². The van der Waals surface area contributed by atoms with Gasteiger partial charge in [0.15, 0.2) is 0 Å². The van der Waals surface area contributed by atoms with E-state index in [0.29, 0.717) is 0 Å². The van der Waals surface area contributed by atoms with Crippen LogP contribution in [0.1, 0.15) is 34.6 Å². The molecule has 2 N–H and O–H groups in total. The van der Waals surface area contributed by atoms with Gasteiger partial charge in [0, 0.05) is 30.6 Å². The van der Waals surface area contributed by atoms with Gasteiger partial charge in [-0.15, -0.1) is 0 Å². The third kappa shape index (κ3) is 11.4. The summed E-state index contributed by atoms with van der Waals surface area (Å²) in [5.41, 5.74) is 0.234. The van der Waals surface area contributed by atoms with Crippen LogP contribution >= 0.6 is 0 Å². The van der Waals surface area contributed by atoms with Gasteiger partial charge in [-0.05, 0) is 34.5 Å². The molecule has 0 radical (unpaired) electrons. The highest BCUT2D eigenvalue weighted by atomic mass is 16.5. The van der Waals surface area contributed by atoms with Crippen LogP contribution in [0.5, 0.6) is 0 Å². The van der Waals surface area contributed by atoms with Gasteiger partial charge in [-0.1, -0.05) is 20.8 Å². The molecular formula is C15H35N3O. The average Bonchev–Trinajstić information content (AvgIpc) is 2.23. The van der Waals surface area contributed by atoms with Gasteiger partial charge in [0.2, 0.25) is 0 Å². The molecule has 0 bridgehead atoms. The first-order valence-corrected chi connectivity index (χ1v) is 7.37. The Morgan fingerprint density at radius 1 is 1.05 bits per heavy atom. The molecule has 0 unspecified atom stereocenters. The number of nitrogens with zero attached hydrogens (tertiary/aromatic N) is 1. The molecule has 0 rings (SSSR count). The highest BCUT2D eigenvalue weighted by Gasteiger charge is 2.21. The molecule has 0 amide bonds. The molecule has 0 aromatic carbocycles. The number of hydrogen-bond donors (Lipinski definition) is 2. The first kappa shape index (κ1) is 18.8. The molecule has 0 saturated carbocycles. The third-order valence-corrected chi connectivity index (χ3v) is 2.95. The Morgan fingerprint density at radius 3 is 2.21 bits per heavy atom. The highest BCUT2D eigenvalue weighted by molar-refractivity contribution is 4.77. The van der Waals surface area contributed by atoms with Crippen LogP contribution in [-0.4, -0.2) is 63.9 Å². The predicted octanol–water partition coefficient (Wildman–Crippen LogP) is 1.57. The van der Waals surface area contributed by atoms with E-state index in [1.165, 1.54) is 0 Å². The zero-order valence-corrected chi connectivity index (χ0v) is 14.1. The van der Waals surface area contributed by atoms with E-state index >= 15 is 0 Å². The molecule has 19 heavy (non-hydrogen) atoms. The number of nitrogens with one attached hydrogen (secondary N) is 2. The Kier molecular flexibility index (Phi) is 8.83.